The summed E-state index contributed by atoms with van der Waals surface area (Å²) >= 11 is 0. The predicted octanol–water partition coefficient (Wildman–Crippen LogP) is 9.45. The Morgan fingerprint density at radius 1 is 0.615 bits per heavy atom. The molecular formula is C50H61N9O6. The molecule has 5 heterocycles. The molecule has 2 aromatic heterocycles. The zero-order chi connectivity index (χ0) is 46.3. The van der Waals surface area contributed by atoms with Gasteiger partial charge in [0.2, 0.25) is 0 Å². The van der Waals surface area contributed by atoms with E-state index in [1.54, 1.807) is 37.5 Å². The SMILES string of the molecule is COC(=O)NC(C(=O)N1CCC[C@H]1c1nc2ccc([C@@H]3CC[C@@H](c4ccc5nc([C@@H]6CCCN6C(=O)C(NC(=O)OC)=C(C)C)[nH]c5c4)N3c3ccc(C(C)(C)C)cc3)cc2[nH]1)=C(C)C. The first kappa shape index (κ1) is 44.9. The lowest BCUT2D eigenvalue weighted by Crippen LogP contribution is -2.39. The standard InChI is InChI=1S/C50H61N9O6/c1-28(2)42(55-48(62)64-8)46(60)57-24-10-12-40(57)44-51-34-20-14-30(26-36(34)53-44)38-22-23-39(59(38)33-18-16-32(17-19-33)50(5,6)7)31-15-21-35-37(27-31)54-45(52-35)41-13-11-25-58(41)47(61)43(29(3)4)56-49(63)65-9/h14-21,26-27,38-41H,10-13,22-25H2,1-9H3,(H,51,53)(H,52,54)(H,55,62)(H,56,63)/t38-,39-,40-,41-/m0/s1. The molecule has 0 radical (unpaired) electrons. The molecule has 0 saturated carbocycles. The van der Waals surface area contributed by atoms with E-state index < -0.39 is 12.2 Å². The fourth-order valence-electron chi connectivity index (χ4n) is 9.75. The maximum atomic E-state index is 13.8. The molecule has 4 amide bonds. The molecule has 4 N–H and O–H groups in total. The third-order valence-corrected chi connectivity index (χ3v) is 13.1. The van der Waals surface area contributed by atoms with E-state index in [2.05, 4.69) is 107 Å². The van der Waals surface area contributed by atoms with Gasteiger partial charge in [0.15, 0.2) is 0 Å². The van der Waals surface area contributed by atoms with Crippen LogP contribution in [0.1, 0.15) is 139 Å². The van der Waals surface area contributed by atoms with Crippen LogP contribution in [0.25, 0.3) is 22.1 Å². The van der Waals surface area contributed by atoms with Crippen molar-refractivity contribution in [2.45, 2.75) is 117 Å². The summed E-state index contributed by atoms with van der Waals surface area (Å²) in [4.78, 5) is 75.2. The Morgan fingerprint density at radius 3 is 1.43 bits per heavy atom. The molecule has 4 atom stereocenters. The molecule has 15 nitrogen and oxygen atoms in total. The lowest BCUT2D eigenvalue weighted by atomic mass is 9.87. The first-order valence-electron chi connectivity index (χ1n) is 22.6. The van der Waals surface area contributed by atoms with Crippen molar-refractivity contribution in [3.05, 3.63) is 112 Å². The summed E-state index contributed by atoms with van der Waals surface area (Å²) in [6.45, 7) is 15.0. The highest BCUT2D eigenvalue weighted by molar-refractivity contribution is 5.98. The van der Waals surface area contributed by atoms with E-state index in [-0.39, 0.29) is 52.8 Å². The number of allylic oxidation sites excluding steroid dienone is 2. The lowest BCUT2D eigenvalue weighted by molar-refractivity contribution is -0.129. The van der Waals surface area contributed by atoms with E-state index in [1.807, 2.05) is 0 Å². The van der Waals surface area contributed by atoms with Crippen LogP contribution in [-0.4, -0.2) is 81.0 Å². The lowest BCUT2D eigenvalue weighted by Gasteiger charge is -2.34. The number of nitrogens with one attached hydrogen (secondary N) is 4. The molecule has 0 unspecified atom stereocenters. The van der Waals surface area contributed by atoms with Crippen LogP contribution in [0.2, 0.25) is 0 Å². The van der Waals surface area contributed by atoms with Crippen LogP contribution in [0.3, 0.4) is 0 Å². The smallest absolute Gasteiger partial charge is 0.411 e. The number of amides is 4. The number of methoxy groups -OCH3 is 2. The highest BCUT2D eigenvalue weighted by Gasteiger charge is 2.39. The van der Waals surface area contributed by atoms with E-state index in [4.69, 9.17) is 19.4 Å². The first-order chi connectivity index (χ1) is 31.1. The Labute approximate surface area is 380 Å². The molecule has 0 bridgehead atoms. The topological polar surface area (TPSA) is 178 Å². The summed E-state index contributed by atoms with van der Waals surface area (Å²) < 4.78 is 9.59. The van der Waals surface area contributed by atoms with Crippen molar-refractivity contribution in [2.75, 3.05) is 32.2 Å². The molecule has 65 heavy (non-hydrogen) atoms. The fraction of sp³-hybridized carbons (Fsp3) is 0.440. The van der Waals surface area contributed by atoms with Crippen LogP contribution >= 0.6 is 0 Å². The average Bonchev–Trinajstić information content (AvgIpc) is 4.14. The number of carbonyl (C=O) groups excluding carboxylic acids is 4. The second kappa shape index (κ2) is 18.1. The van der Waals surface area contributed by atoms with Crippen LogP contribution in [0.5, 0.6) is 0 Å². The first-order valence-corrected chi connectivity index (χ1v) is 22.6. The number of fused-ring (bicyclic) bond motifs is 2. The van der Waals surface area contributed by atoms with Crippen LogP contribution in [0, 0.1) is 0 Å². The molecule has 3 saturated heterocycles. The minimum Gasteiger partial charge on any atom is -0.453 e. The molecular weight excluding hydrogens is 823 g/mol. The number of likely N-dealkylation sites (tertiary alicyclic amines) is 2. The number of anilines is 1. The summed E-state index contributed by atoms with van der Waals surface area (Å²) in [7, 11) is 2.56. The summed E-state index contributed by atoms with van der Waals surface area (Å²) in [6, 6.07) is 21.4. The van der Waals surface area contributed by atoms with Crippen molar-refractivity contribution in [3.8, 4) is 0 Å². The van der Waals surface area contributed by atoms with Crippen molar-refractivity contribution in [2.24, 2.45) is 0 Å². The fourth-order valence-corrected chi connectivity index (χ4v) is 9.75. The largest absolute Gasteiger partial charge is 0.453 e. The minimum absolute atomic E-state index is 0.00422. The number of aromatic nitrogens is 4. The molecule has 3 aromatic carbocycles. The third-order valence-electron chi connectivity index (χ3n) is 13.1. The maximum Gasteiger partial charge on any atom is 0.411 e. The van der Waals surface area contributed by atoms with Crippen LogP contribution < -0.4 is 15.5 Å². The Kier molecular flexibility index (Phi) is 12.5. The number of aromatic amines is 2. The summed E-state index contributed by atoms with van der Waals surface area (Å²) in [5, 5.41) is 5.24. The van der Waals surface area contributed by atoms with Crippen molar-refractivity contribution in [1.29, 1.82) is 0 Å². The number of benzene rings is 3. The number of rotatable bonds is 9. The average molecular weight is 884 g/mol. The highest BCUT2D eigenvalue weighted by Crippen LogP contribution is 2.48. The van der Waals surface area contributed by atoms with Gasteiger partial charge in [-0.15, -0.1) is 0 Å². The Balaban J connectivity index is 1.09. The Morgan fingerprint density at radius 2 is 1.05 bits per heavy atom. The number of ether oxygens (including phenoxy) is 2. The number of alkyl carbamates (subject to hydrolysis) is 2. The van der Waals surface area contributed by atoms with Gasteiger partial charge in [-0.05, 0) is 136 Å². The number of hydrogen-bond donors (Lipinski definition) is 4. The quantitative estimate of drug-likeness (QED) is 0.105. The molecule has 15 heteroatoms. The van der Waals surface area contributed by atoms with Gasteiger partial charge in [-0.3, -0.25) is 20.2 Å². The molecule has 3 aliphatic heterocycles. The van der Waals surface area contributed by atoms with Gasteiger partial charge in [0, 0.05) is 18.8 Å². The molecule has 0 aliphatic carbocycles. The normalized spacial score (nSPS) is 19.7. The van der Waals surface area contributed by atoms with Gasteiger partial charge in [0.05, 0.1) is 60.5 Å². The van der Waals surface area contributed by atoms with Gasteiger partial charge in [-0.1, -0.05) is 45.0 Å². The number of hydrogen-bond acceptors (Lipinski definition) is 9. The van der Waals surface area contributed by atoms with Crippen LogP contribution in [0.4, 0.5) is 15.3 Å². The van der Waals surface area contributed by atoms with E-state index in [0.717, 1.165) is 89.1 Å². The molecule has 3 fully saturated rings. The second-order valence-electron chi connectivity index (χ2n) is 18.9. The van der Waals surface area contributed by atoms with Gasteiger partial charge < -0.3 is 34.1 Å². The monoisotopic (exact) mass is 883 g/mol. The zero-order valence-corrected chi connectivity index (χ0v) is 38.9. The second-order valence-corrected chi connectivity index (χ2v) is 18.9. The highest BCUT2D eigenvalue weighted by atomic mass is 16.5. The van der Waals surface area contributed by atoms with Gasteiger partial charge in [0.1, 0.15) is 23.0 Å². The van der Waals surface area contributed by atoms with Gasteiger partial charge in [0.25, 0.3) is 11.8 Å². The van der Waals surface area contributed by atoms with E-state index in [1.165, 1.54) is 19.8 Å². The third kappa shape index (κ3) is 8.92. The van der Waals surface area contributed by atoms with Crippen molar-refractivity contribution >= 4 is 51.8 Å². The molecule has 8 rings (SSSR count). The maximum absolute atomic E-state index is 13.8. The Hall–Kier alpha value is -6.64. The van der Waals surface area contributed by atoms with Crippen molar-refractivity contribution in [1.82, 2.24) is 40.4 Å². The summed E-state index contributed by atoms with van der Waals surface area (Å²) in [6.07, 6.45) is 3.60. The molecule has 5 aromatic rings. The summed E-state index contributed by atoms with van der Waals surface area (Å²) in [5.41, 5.74) is 10.0. The molecule has 342 valence electrons. The number of carbonyl (C=O) groups is 4. The number of imidazole rings is 2. The number of H-pyrrole nitrogens is 2. The van der Waals surface area contributed by atoms with E-state index in [9.17, 15) is 19.2 Å². The summed E-state index contributed by atoms with van der Waals surface area (Å²) in [5.74, 6) is 0.932. The van der Waals surface area contributed by atoms with Crippen LogP contribution in [-0.2, 0) is 24.5 Å². The van der Waals surface area contributed by atoms with Crippen molar-refractivity contribution in [3.63, 3.8) is 0 Å². The van der Waals surface area contributed by atoms with Crippen LogP contribution in [0.15, 0.2) is 83.2 Å². The molecule has 0 spiro atoms. The van der Waals surface area contributed by atoms with Gasteiger partial charge in [-0.25, -0.2) is 19.6 Å². The van der Waals surface area contributed by atoms with Crippen molar-refractivity contribution < 1.29 is 28.7 Å². The number of nitrogens with zero attached hydrogens (tertiary/aromatic N) is 5. The van der Waals surface area contributed by atoms with E-state index in [0.29, 0.717) is 24.2 Å². The van der Waals surface area contributed by atoms with Gasteiger partial charge in [-0.2, -0.15) is 0 Å². The zero-order valence-electron chi connectivity index (χ0n) is 38.9. The Bertz CT molecular complexity index is 2540. The minimum atomic E-state index is -0.682. The van der Waals surface area contributed by atoms with Gasteiger partial charge >= 0.3 is 12.2 Å². The van der Waals surface area contributed by atoms with E-state index >= 15 is 0 Å². The molecule has 3 aliphatic rings. The predicted molar refractivity (Wildman–Crippen MR) is 250 cm³/mol.